The fraction of sp³-hybridized carbons (Fsp3) is 0.458. The molecule has 0 aromatic heterocycles. The summed E-state index contributed by atoms with van der Waals surface area (Å²) < 4.78 is 92.0. The van der Waals surface area contributed by atoms with Crippen molar-refractivity contribution >= 4 is 15.9 Å². The van der Waals surface area contributed by atoms with Crippen molar-refractivity contribution < 1.29 is 35.5 Å². The van der Waals surface area contributed by atoms with Crippen LogP contribution in [0.2, 0.25) is 0 Å². The maximum absolute atomic E-state index is 15.5. The fourth-order valence-corrected chi connectivity index (χ4v) is 6.28. The number of halogens is 4. The summed E-state index contributed by atoms with van der Waals surface area (Å²) in [4.78, 5) is 13.9. The zero-order chi connectivity index (χ0) is 25.0. The summed E-state index contributed by atoms with van der Waals surface area (Å²) in [5, 5.41) is -0.744. The van der Waals surface area contributed by atoms with E-state index in [1.807, 2.05) is 0 Å². The third-order valence-corrected chi connectivity index (χ3v) is 8.71. The molecule has 2 aromatic carbocycles. The van der Waals surface area contributed by atoms with Crippen LogP contribution in [0.3, 0.4) is 0 Å². The molecular weight excluding hydrogens is 488 g/mol. The minimum atomic E-state index is -4.03. The Labute approximate surface area is 200 Å². The van der Waals surface area contributed by atoms with Crippen LogP contribution < -0.4 is 4.72 Å². The Morgan fingerprint density at radius 3 is 2.46 bits per heavy atom. The predicted molar refractivity (Wildman–Crippen MR) is 119 cm³/mol. The number of sulfonamides is 1. The number of amides is 1. The molecule has 1 amide bonds. The SMILES string of the molecule is O=C(C1CCO1)N1CC(F)(F)[C@H](NS(=O)(=O)C2CC2)[C@@H]1Cc1cccc(-c2cccc(F)c2)c1F. The Balaban J connectivity index is 1.50. The molecule has 2 aromatic rings. The lowest BCUT2D eigenvalue weighted by molar-refractivity contribution is -0.158. The van der Waals surface area contributed by atoms with Crippen LogP contribution in [0, 0.1) is 11.6 Å². The number of likely N-dealkylation sites (tertiary alicyclic amines) is 1. The van der Waals surface area contributed by atoms with Crippen LogP contribution >= 0.6 is 0 Å². The summed E-state index contributed by atoms with van der Waals surface area (Å²) in [7, 11) is -4.03. The zero-order valence-corrected chi connectivity index (χ0v) is 19.4. The summed E-state index contributed by atoms with van der Waals surface area (Å²) in [6.07, 6.45) is -0.116. The van der Waals surface area contributed by atoms with E-state index in [4.69, 9.17) is 4.74 Å². The van der Waals surface area contributed by atoms with E-state index in [0.717, 1.165) is 11.0 Å². The van der Waals surface area contributed by atoms with Gasteiger partial charge in [0.05, 0.1) is 24.4 Å². The first-order valence-corrected chi connectivity index (χ1v) is 13.0. The maximum Gasteiger partial charge on any atom is 0.283 e. The molecular formula is C24H24F4N2O4S. The highest BCUT2D eigenvalue weighted by atomic mass is 32.2. The van der Waals surface area contributed by atoms with Gasteiger partial charge in [-0.15, -0.1) is 0 Å². The highest BCUT2D eigenvalue weighted by molar-refractivity contribution is 7.90. The van der Waals surface area contributed by atoms with Gasteiger partial charge in [0.15, 0.2) is 0 Å². The number of carbonyl (C=O) groups excluding carboxylic acids is 1. The quantitative estimate of drug-likeness (QED) is 0.578. The van der Waals surface area contributed by atoms with Crippen LogP contribution in [0.4, 0.5) is 17.6 Å². The molecule has 5 rings (SSSR count). The largest absolute Gasteiger partial charge is 0.368 e. The smallest absolute Gasteiger partial charge is 0.283 e. The first-order chi connectivity index (χ1) is 16.6. The first-order valence-electron chi connectivity index (χ1n) is 11.4. The van der Waals surface area contributed by atoms with Gasteiger partial charge in [-0.3, -0.25) is 4.79 Å². The van der Waals surface area contributed by atoms with Crippen molar-refractivity contribution in [2.45, 2.75) is 55.0 Å². The normalized spacial score (nSPS) is 25.9. The Hall–Kier alpha value is -2.50. The van der Waals surface area contributed by atoms with Crippen molar-refractivity contribution in [3.63, 3.8) is 0 Å². The van der Waals surface area contributed by atoms with Crippen molar-refractivity contribution in [3.8, 4) is 11.1 Å². The van der Waals surface area contributed by atoms with Crippen molar-refractivity contribution in [1.29, 1.82) is 0 Å². The number of carbonyl (C=O) groups is 1. The summed E-state index contributed by atoms with van der Waals surface area (Å²) in [6.45, 7) is -0.674. The average Bonchev–Trinajstić information content (AvgIpc) is 3.58. The van der Waals surface area contributed by atoms with Crippen LogP contribution in [0.25, 0.3) is 11.1 Å². The Morgan fingerprint density at radius 1 is 1.11 bits per heavy atom. The number of hydrogen-bond donors (Lipinski definition) is 1. The predicted octanol–water partition coefficient (Wildman–Crippen LogP) is 3.26. The molecule has 3 fully saturated rings. The Kier molecular flexibility index (Phi) is 6.13. The molecule has 0 radical (unpaired) electrons. The molecule has 0 spiro atoms. The van der Waals surface area contributed by atoms with Gasteiger partial charge in [0.1, 0.15) is 23.8 Å². The first kappa shape index (κ1) is 24.2. The van der Waals surface area contributed by atoms with Crippen molar-refractivity contribution in [2.75, 3.05) is 13.2 Å². The lowest BCUT2D eigenvalue weighted by Crippen LogP contribution is -2.54. The van der Waals surface area contributed by atoms with Gasteiger partial charge in [0, 0.05) is 12.0 Å². The van der Waals surface area contributed by atoms with E-state index in [9.17, 15) is 17.6 Å². The zero-order valence-electron chi connectivity index (χ0n) is 18.6. The number of nitrogens with one attached hydrogen (secondary N) is 1. The number of rotatable bonds is 7. The van der Waals surface area contributed by atoms with Gasteiger partial charge in [-0.25, -0.2) is 30.7 Å². The summed E-state index contributed by atoms with van der Waals surface area (Å²) in [6, 6.07) is 6.40. The Morgan fingerprint density at radius 2 is 1.83 bits per heavy atom. The van der Waals surface area contributed by atoms with Crippen LogP contribution in [0.15, 0.2) is 42.5 Å². The molecule has 1 aliphatic carbocycles. The van der Waals surface area contributed by atoms with Crippen molar-refractivity contribution in [1.82, 2.24) is 9.62 Å². The molecule has 11 heteroatoms. The summed E-state index contributed by atoms with van der Waals surface area (Å²) >= 11 is 0. The maximum atomic E-state index is 15.5. The number of ether oxygens (including phenoxy) is 1. The summed E-state index contributed by atoms with van der Waals surface area (Å²) in [5.41, 5.74) is 0.349. The molecule has 35 heavy (non-hydrogen) atoms. The van der Waals surface area contributed by atoms with E-state index in [2.05, 4.69) is 4.72 Å². The molecule has 2 heterocycles. The molecule has 1 unspecified atom stereocenters. The second-order valence-electron chi connectivity index (χ2n) is 9.28. The highest BCUT2D eigenvalue weighted by Gasteiger charge is 2.59. The molecule has 6 nitrogen and oxygen atoms in total. The van der Waals surface area contributed by atoms with Gasteiger partial charge in [-0.2, -0.15) is 0 Å². The van der Waals surface area contributed by atoms with Crippen molar-refractivity contribution in [2.24, 2.45) is 0 Å². The van der Waals surface area contributed by atoms with Crippen molar-refractivity contribution in [3.05, 3.63) is 59.7 Å². The topological polar surface area (TPSA) is 75.7 Å². The standard InChI is InChI=1S/C24H24F4N2O4S/c25-16-5-1-3-14(11-16)18-6-2-4-15(21(18)26)12-19-22(29-35(32,33)17-7-8-17)24(27,28)13-30(19)23(31)20-9-10-34-20/h1-6,11,17,19-20,22,29H,7-10,12-13H2/t19-,20?,22+/m0/s1. The van der Waals surface area contributed by atoms with E-state index in [1.54, 1.807) is 0 Å². The van der Waals surface area contributed by atoms with Gasteiger partial charge >= 0.3 is 0 Å². The molecule has 1 N–H and O–H groups in total. The van der Waals surface area contributed by atoms with Gasteiger partial charge in [0.25, 0.3) is 11.8 Å². The van der Waals surface area contributed by atoms with E-state index in [0.29, 0.717) is 25.9 Å². The highest BCUT2D eigenvalue weighted by Crippen LogP contribution is 2.39. The van der Waals surface area contributed by atoms with Crippen LogP contribution in [-0.2, 0) is 26.0 Å². The Bertz CT molecular complexity index is 1250. The minimum Gasteiger partial charge on any atom is -0.368 e. The molecule has 0 bridgehead atoms. The number of hydrogen-bond acceptors (Lipinski definition) is 4. The molecule has 1 saturated carbocycles. The van der Waals surface area contributed by atoms with Gasteiger partial charge in [-0.05, 0) is 42.5 Å². The second kappa shape index (κ2) is 8.86. The lowest BCUT2D eigenvalue weighted by atomic mass is 9.95. The number of benzene rings is 2. The molecule has 2 saturated heterocycles. The van der Waals surface area contributed by atoms with E-state index in [-0.39, 0.29) is 23.1 Å². The third-order valence-electron chi connectivity index (χ3n) is 6.78. The van der Waals surface area contributed by atoms with E-state index in [1.165, 1.54) is 36.4 Å². The van der Waals surface area contributed by atoms with Gasteiger partial charge in [-0.1, -0.05) is 30.3 Å². The summed E-state index contributed by atoms with van der Waals surface area (Å²) in [5.74, 6) is -5.54. The van der Waals surface area contributed by atoms with Gasteiger partial charge in [0.2, 0.25) is 10.0 Å². The van der Waals surface area contributed by atoms with Gasteiger partial charge < -0.3 is 9.64 Å². The monoisotopic (exact) mass is 512 g/mol. The van der Waals surface area contributed by atoms with Crippen LogP contribution in [0.5, 0.6) is 0 Å². The number of nitrogens with zero attached hydrogens (tertiary/aromatic N) is 1. The van der Waals surface area contributed by atoms with E-state index >= 15 is 13.2 Å². The minimum absolute atomic E-state index is 0.0115. The lowest BCUT2D eigenvalue weighted by Gasteiger charge is -2.34. The third kappa shape index (κ3) is 4.68. The molecule has 3 atom stereocenters. The molecule has 3 aliphatic rings. The average molecular weight is 513 g/mol. The molecule has 188 valence electrons. The van der Waals surface area contributed by atoms with Crippen LogP contribution in [0.1, 0.15) is 24.8 Å². The fourth-order valence-electron chi connectivity index (χ4n) is 4.65. The second-order valence-corrected chi connectivity index (χ2v) is 11.3. The van der Waals surface area contributed by atoms with E-state index < -0.39 is 63.5 Å². The molecule has 2 aliphatic heterocycles. The number of alkyl halides is 2. The van der Waals surface area contributed by atoms with Crippen LogP contribution in [-0.4, -0.2) is 61.7 Å².